The summed E-state index contributed by atoms with van der Waals surface area (Å²) >= 11 is 0. The SMILES string of the molecule is N#CC(C#N)=Cc1cc(N2CCOCC2)ccc1[N+](=O)[O-]. The van der Waals surface area contributed by atoms with Gasteiger partial charge in [-0.1, -0.05) is 0 Å². The summed E-state index contributed by atoms with van der Waals surface area (Å²) < 4.78 is 5.26. The highest BCUT2D eigenvalue weighted by Gasteiger charge is 2.17. The Balaban J connectivity index is 2.44. The van der Waals surface area contributed by atoms with Gasteiger partial charge in [-0.05, 0) is 18.2 Å². The van der Waals surface area contributed by atoms with Crippen LogP contribution in [-0.2, 0) is 4.74 Å². The highest BCUT2D eigenvalue weighted by molar-refractivity contribution is 5.72. The molecule has 2 rings (SSSR count). The van der Waals surface area contributed by atoms with Gasteiger partial charge in [-0.25, -0.2) is 0 Å². The maximum atomic E-state index is 11.0. The molecule has 21 heavy (non-hydrogen) atoms. The second-order valence-electron chi connectivity index (χ2n) is 4.38. The minimum absolute atomic E-state index is 0.130. The first kappa shape index (κ1) is 14.5. The first-order chi connectivity index (χ1) is 10.2. The second-order valence-corrected chi connectivity index (χ2v) is 4.38. The zero-order chi connectivity index (χ0) is 15.2. The van der Waals surface area contributed by atoms with E-state index in [2.05, 4.69) is 0 Å². The van der Waals surface area contributed by atoms with Crippen LogP contribution in [0.3, 0.4) is 0 Å². The van der Waals surface area contributed by atoms with Crippen LogP contribution in [0.2, 0.25) is 0 Å². The Bertz CT molecular complexity index is 648. The third-order valence-corrected chi connectivity index (χ3v) is 3.12. The van der Waals surface area contributed by atoms with Gasteiger partial charge in [-0.3, -0.25) is 10.1 Å². The highest BCUT2D eigenvalue weighted by Crippen LogP contribution is 2.27. The zero-order valence-corrected chi connectivity index (χ0v) is 11.2. The summed E-state index contributed by atoms with van der Waals surface area (Å²) in [6.45, 7) is 2.60. The summed E-state index contributed by atoms with van der Waals surface area (Å²) in [6.07, 6.45) is 1.24. The average molecular weight is 284 g/mol. The quantitative estimate of drug-likeness (QED) is 0.476. The van der Waals surface area contributed by atoms with Crippen molar-refractivity contribution >= 4 is 17.5 Å². The van der Waals surface area contributed by atoms with Crippen LogP contribution in [0.25, 0.3) is 6.08 Å². The van der Waals surface area contributed by atoms with Crippen LogP contribution in [0, 0.1) is 32.8 Å². The van der Waals surface area contributed by atoms with Crippen LogP contribution in [0.5, 0.6) is 0 Å². The van der Waals surface area contributed by atoms with Crippen LogP contribution >= 0.6 is 0 Å². The van der Waals surface area contributed by atoms with Gasteiger partial charge < -0.3 is 9.64 Å². The summed E-state index contributed by atoms with van der Waals surface area (Å²) in [5.74, 6) is 0. The minimum Gasteiger partial charge on any atom is -0.378 e. The second kappa shape index (κ2) is 6.51. The van der Waals surface area contributed by atoms with E-state index in [-0.39, 0.29) is 16.8 Å². The molecule has 0 spiro atoms. The number of nitro groups is 1. The maximum absolute atomic E-state index is 11.0. The first-order valence-electron chi connectivity index (χ1n) is 6.28. The third kappa shape index (κ3) is 3.35. The highest BCUT2D eigenvalue weighted by atomic mass is 16.6. The molecule has 0 N–H and O–H groups in total. The minimum atomic E-state index is -0.526. The molecule has 0 radical (unpaired) electrons. The van der Waals surface area contributed by atoms with E-state index in [0.29, 0.717) is 26.3 Å². The fraction of sp³-hybridized carbons (Fsp3) is 0.286. The lowest BCUT2D eigenvalue weighted by molar-refractivity contribution is -0.385. The van der Waals surface area contributed by atoms with Crippen LogP contribution in [0.4, 0.5) is 11.4 Å². The summed E-state index contributed by atoms with van der Waals surface area (Å²) in [5, 5.41) is 28.6. The Morgan fingerprint density at radius 1 is 1.33 bits per heavy atom. The molecule has 1 aliphatic heterocycles. The number of hydrogen-bond donors (Lipinski definition) is 0. The summed E-state index contributed by atoms with van der Waals surface area (Å²) in [6, 6.07) is 8.10. The van der Waals surface area contributed by atoms with Gasteiger partial charge in [-0.2, -0.15) is 10.5 Å². The number of anilines is 1. The van der Waals surface area contributed by atoms with E-state index < -0.39 is 4.92 Å². The van der Waals surface area contributed by atoms with Crippen molar-refractivity contribution in [2.24, 2.45) is 0 Å². The molecule has 0 atom stereocenters. The molecule has 1 aromatic rings. The largest absolute Gasteiger partial charge is 0.378 e. The van der Waals surface area contributed by atoms with Crippen molar-refractivity contribution in [2.75, 3.05) is 31.2 Å². The summed E-state index contributed by atoms with van der Waals surface area (Å²) in [4.78, 5) is 12.6. The van der Waals surface area contributed by atoms with Crippen molar-refractivity contribution in [2.45, 2.75) is 0 Å². The van der Waals surface area contributed by atoms with Gasteiger partial charge in [0.15, 0.2) is 0 Å². The van der Waals surface area contributed by atoms with E-state index in [1.54, 1.807) is 24.3 Å². The van der Waals surface area contributed by atoms with Crippen LogP contribution in [-0.4, -0.2) is 31.2 Å². The third-order valence-electron chi connectivity index (χ3n) is 3.12. The van der Waals surface area contributed by atoms with Crippen LogP contribution in [0.1, 0.15) is 5.56 Å². The molecule has 0 amide bonds. The van der Waals surface area contributed by atoms with Crippen molar-refractivity contribution in [1.29, 1.82) is 10.5 Å². The topological polar surface area (TPSA) is 103 Å². The lowest BCUT2D eigenvalue weighted by Gasteiger charge is -2.29. The van der Waals surface area contributed by atoms with Gasteiger partial charge in [-0.15, -0.1) is 0 Å². The van der Waals surface area contributed by atoms with Crippen molar-refractivity contribution < 1.29 is 9.66 Å². The van der Waals surface area contributed by atoms with Crippen molar-refractivity contribution in [3.05, 3.63) is 39.4 Å². The van der Waals surface area contributed by atoms with E-state index in [4.69, 9.17) is 15.3 Å². The Labute approximate surface area is 121 Å². The maximum Gasteiger partial charge on any atom is 0.276 e. The van der Waals surface area contributed by atoms with Gasteiger partial charge in [0.1, 0.15) is 17.7 Å². The molecule has 0 unspecified atom stereocenters. The van der Waals surface area contributed by atoms with E-state index in [1.165, 1.54) is 12.1 Å². The molecule has 1 saturated heterocycles. The fourth-order valence-electron chi connectivity index (χ4n) is 2.09. The fourth-order valence-corrected chi connectivity index (χ4v) is 2.09. The number of rotatable bonds is 3. The van der Waals surface area contributed by atoms with E-state index in [1.807, 2.05) is 4.90 Å². The summed E-state index contributed by atoms with van der Waals surface area (Å²) in [5.41, 5.74) is 0.764. The number of nitro benzene ring substituents is 1. The van der Waals surface area contributed by atoms with Crippen LogP contribution < -0.4 is 4.90 Å². The van der Waals surface area contributed by atoms with Crippen LogP contribution in [0.15, 0.2) is 23.8 Å². The Morgan fingerprint density at radius 3 is 2.57 bits per heavy atom. The molecular formula is C14H12N4O3. The lowest BCUT2D eigenvalue weighted by atomic mass is 10.1. The van der Waals surface area contributed by atoms with Gasteiger partial charge in [0.25, 0.3) is 5.69 Å². The molecule has 0 bridgehead atoms. The van der Waals surface area contributed by atoms with E-state index in [9.17, 15) is 10.1 Å². The van der Waals surface area contributed by atoms with E-state index >= 15 is 0 Å². The Morgan fingerprint density at radius 2 is 2.00 bits per heavy atom. The van der Waals surface area contributed by atoms with Gasteiger partial charge >= 0.3 is 0 Å². The predicted molar refractivity (Wildman–Crippen MR) is 75.3 cm³/mol. The number of allylic oxidation sites excluding steroid dienone is 1. The number of nitriles is 2. The molecular weight excluding hydrogens is 272 g/mol. The van der Waals surface area contributed by atoms with E-state index in [0.717, 1.165) is 5.69 Å². The monoisotopic (exact) mass is 284 g/mol. The number of morpholine rings is 1. The Kier molecular flexibility index (Phi) is 4.50. The van der Waals surface area contributed by atoms with Gasteiger partial charge in [0.2, 0.25) is 0 Å². The smallest absolute Gasteiger partial charge is 0.276 e. The number of nitrogens with zero attached hydrogens (tertiary/aromatic N) is 4. The molecule has 7 heteroatoms. The molecule has 1 aromatic carbocycles. The zero-order valence-electron chi connectivity index (χ0n) is 11.2. The number of benzene rings is 1. The molecule has 0 aromatic heterocycles. The predicted octanol–water partition coefficient (Wildman–Crippen LogP) is 1.86. The molecule has 1 heterocycles. The first-order valence-corrected chi connectivity index (χ1v) is 6.28. The molecule has 1 fully saturated rings. The average Bonchev–Trinajstić information content (AvgIpc) is 2.53. The molecule has 0 saturated carbocycles. The Hall–Kier alpha value is -2.90. The van der Waals surface area contributed by atoms with Gasteiger partial charge in [0.05, 0.1) is 23.7 Å². The summed E-state index contributed by atoms with van der Waals surface area (Å²) in [7, 11) is 0. The lowest BCUT2D eigenvalue weighted by Crippen LogP contribution is -2.36. The number of ether oxygens (including phenoxy) is 1. The van der Waals surface area contributed by atoms with Crippen molar-refractivity contribution in [3.63, 3.8) is 0 Å². The molecule has 106 valence electrons. The van der Waals surface area contributed by atoms with Gasteiger partial charge in [0, 0.05) is 24.8 Å². The normalized spacial score (nSPS) is 13.9. The molecule has 1 aliphatic rings. The molecule has 0 aliphatic carbocycles. The standard InChI is InChI=1S/C14H12N4O3/c15-9-11(10-16)7-12-8-13(1-2-14(12)18(19)20)17-3-5-21-6-4-17/h1-2,7-8H,3-6H2. The van der Waals surface area contributed by atoms with Crippen molar-refractivity contribution in [1.82, 2.24) is 0 Å². The number of hydrogen-bond acceptors (Lipinski definition) is 6. The molecule has 7 nitrogen and oxygen atoms in total. The van der Waals surface area contributed by atoms with Crippen molar-refractivity contribution in [3.8, 4) is 12.1 Å².